The van der Waals surface area contributed by atoms with Gasteiger partial charge in [-0.25, -0.2) is 0 Å². The zero-order valence-corrected chi connectivity index (χ0v) is 16.2. The Hall–Kier alpha value is -1.96. The van der Waals surface area contributed by atoms with Crippen LogP contribution in [0.3, 0.4) is 0 Å². The topological polar surface area (TPSA) is 82.7 Å². The van der Waals surface area contributed by atoms with E-state index in [0.29, 0.717) is 29.2 Å². The van der Waals surface area contributed by atoms with Gasteiger partial charge in [0.1, 0.15) is 0 Å². The van der Waals surface area contributed by atoms with Gasteiger partial charge in [-0.3, -0.25) is 9.69 Å². The van der Waals surface area contributed by atoms with E-state index in [9.17, 15) is 4.79 Å². The fraction of sp³-hybridized carbons (Fsp3) is 0.526. The van der Waals surface area contributed by atoms with E-state index >= 15 is 0 Å². The quantitative estimate of drug-likeness (QED) is 0.739. The molecule has 1 aromatic carbocycles. The van der Waals surface area contributed by atoms with Crippen LogP contribution in [0, 0.1) is 0 Å². The zero-order chi connectivity index (χ0) is 19.2. The Labute approximate surface area is 163 Å². The van der Waals surface area contributed by atoms with E-state index in [0.717, 1.165) is 44.6 Å². The Morgan fingerprint density at radius 2 is 2.19 bits per heavy atom. The highest BCUT2D eigenvalue weighted by Gasteiger charge is 2.25. The zero-order valence-electron chi connectivity index (χ0n) is 15.5. The number of hydrogen-bond donors (Lipinski definition) is 1. The average Bonchev–Trinajstić information content (AvgIpc) is 3.14. The van der Waals surface area contributed by atoms with Crippen molar-refractivity contribution in [3.8, 4) is 11.4 Å². The Balaban J connectivity index is 1.47. The first-order valence-electron chi connectivity index (χ1n) is 9.32. The van der Waals surface area contributed by atoms with Gasteiger partial charge in [-0.15, -0.1) is 0 Å². The maximum Gasteiger partial charge on any atom is 0.317 e. The summed E-state index contributed by atoms with van der Waals surface area (Å²) < 4.78 is 5.37. The normalized spacial score (nSPS) is 16.1. The Morgan fingerprint density at radius 3 is 2.85 bits per heavy atom. The van der Waals surface area contributed by atoms with Crippen molar-refractivity contribution in [2.24, 2.45) is 0 Å². The number of halogens is 1. The molecule has 7 nitrogen and oxygen atoms in total. The van der Waals surface area contributed by atoms with Crippen LogP contribution in [0.1, 0.15) is 25.7 Å². The van der Waals surface area contributed by atoms with E-state index in [-0.39, 0.29) is 6.54 Å². The first-order valence-corrected chi connectivity index (χ1v) is 9.69. The summed E-state index contributed by atoms with van der Waals surface area (Å²) in [6.07, 6.45) is 2.67. The average molecular weight is 393 g/mol. The number of aliphatic carboxylic acids is 1. The number of piperidine rings is 1. The summed E-state index contributed by atoms with van der Waals surface area (Å²) in [6, 6.07) is 7.74. The van der Waals surface area contributed by atoms with Crippen LogP contribution in [-0.2, 0) is 11.2 Å². The molecule has 1 aromatic heterocycles. The molecule has 1 aliphatic rings. The number of likely N-dealkylation sites (tertiary alicyclic amines) is 1. The van der Waals surface area contributed by atoms with Crippen LogP contribution in [0.4, 0.5) is 0 Å². The van der Waals surface area contributed by atoms with Crippen molar-refractivity contribution >= 4 is 17.6 Å². The molecule has 8 heteroatoms. The Morgan fingerprint density at radius 1 is 1.41 bits per heavy atom. The number of carboxylic acid groups (broad SMARTS) is 1. The summed E-state index contributed by atoms with van der Waals surface area (Å²) in [6.45, 7) is 5.67. The molecule has 27 heavy (non-hydrogen) atoms. The van der Waals surface area contributed by atoms with Gasteiger partial charge in [-0.2, -0.15) is 4.98 Å². The van der Waals surface area contributed by atoms with Crippen molar-refractivity contribution in [2.75, 3.05) is 32.7 Å². The lowest BCUT2D eigenvalue weighted by atomic mass is 10.0. The molecule has 0 unspecified atom stereocenters. The molecular weight excluding hydrogens is 368 g/mol. The Bertz CT molecular complexity index is 759. The maximum atomic E-state index is 11.0. The summed E-state index contributed by atoms with van der Waals surface area (Å²) in [5, 5.41) is 13.7. The van der Waals surface area contributed by atoms with Crippen LogP contribution in [0.5, 0.6) is 0 Å². The molecule has 1 N–H and O–H groups in total. The van der Waals surface area contributed by atoms with E-state index in [1.54, 1.807) is 0 Å². The van der Waals surface area contributed by atoms with Crippen molar-refractivity contribution in [3.05, 3.63) is 35.2 Å². The third-order valence-corrected chi connectivity index (χ3v) is 5.25. The number of likely N-dealkylation sites (N-methyl/N-ethyl adjacent to an activating group) is 1. The molecule has 146 valence electrons. The Kier molecular flexibility index (Phi) is 6.82. The van der Waals surface area contributed by atoms with E-state index in [2.05, 4.69) is 19.9 Å². The molecule has 2 aromatic rings. The molecule has 0 atom stereocenters. The smallest absolute Gasteiger partial charge is 0.317 e. The van der Waals surface area contributed by atoms with Crippen molar-refractivity contribution in [1.82, 2.24) is 19.9 Å². The number of rotatable bonds is 8. The highest BCUT2D eigenvalue weighted by atomic mass is 35.5. The van der Waals surface area contributed by atoms with E-state index in [4.69, 9.17) is 21.2 Å². The maximum absolute atomic E-state index is 11.0. The highest BCUT2D eigenvalue weighted by molar-refractivity contribution is 6.30. The first-order chi connectivity index (χ1) is 13.0. The number of carboxylic acids is 1. The minimum Gasteiger partial charge on any atom is -0.480 e. The third kappa shape index (κ3) is 5.51. The number of nitrogens with zero attached hydrogens (tertiary/aromatic N) is 4. The first kappa shape index (κ1) is 19.8. The highest BCUT2D eigenvalue weighted by Crippen LogP contribution is 2.21. The molecule has 1 fully saturated rings. The SMILES string of the molecule is CCN(CC(=O)O)C1CCN(CCc2nc(-c3cccc(Cl)c3)no2)CC1. The van der Waals surface area contributed by atoms with Crippen LogP contribution in [0.2, 0.25) is 5.02 Å². The largest absolute Gasteiger partial charge is 0.480 e. The van der Waals surface area contributed by atoms with Gasteiger partial charge in [0.15, 0.2) is 0 Å². The minimum atomic E-state index is -0.758. The molecule has 0 radical (unpaired) electrons. The predicted molar refractivity (Wildman–Crippen MR) is 103 cm³/mol. The monoisotopic (exact) mass is 392 g/mol. The van der Waals surface area contributed by atoms with E-state index in [1.165, 1.54) is 0 Å². The predicted octanol–water partition coefficient (Wildman–Crippen LogP) is 2.80. The van der Waals surface area contributed by atoms with Gasteiger partial charge in [-0.1, -0.05) is 35.8 Å². The second kappa shape index (κ2) is 9.30. The lowest BCUT2D eigenvalue weighted by Crippen LogP contribution is -2.46. The van der Waals surface area contributed by atoms with Gasteiger partial charge in [0, 0.05) is 29.6 Å². The number of hydrogen-bond acceptors (Lipinski definition) is 6. The minimum absolute atomic E-state index is 0.120. The molecule has 1 saturated heterocycles. The fourth-order valence-corrected chi connectivity index (χ4v) is 3.73. The molecule has 1 aliphatic heterocycles. The molecule has 0 spiro atoms. The number of aromatic nitrogens is 2. The molecule has 0 bridgehead atoms. The van der Waals surface area contributed by atoms with Crippen molar-refractivity contribution < 1.29 is 14.4 Å². The summed E-state index contributed by atoms with van der Waals surface area (Å²) >= 11 is 6.01. The van der Waals surface area contributed by atoms with Crippen molar-refractivity contribution in [1.29, 1.82) is 0 Å². The van der Waals surface area contributed by atoms with Gasteiger partial charge in [-0.05, 0) is 44.6 Å². The van der Waals surface area contributed by atoms with Gasteiger partial charge < -0.3 is 14.5 Å². The molecule has 3 rings (SSSR count). The van der Waals surface area contributed by atoms with E-state index in [1.807, 2.05) is 31.2 Å². The standard InChI is InChI=1S/C19H25ClN4O3/c1-2-24(13-18(25)26)16-6-9-23(10-7-16)11-8-17-21-19(22-27-17)14-4-3-5-15(20)12-14/h3-5,12,16H,2,6-11,13H2,1H3,(H,25,26). The summed E-state index contributed by atoms with van der Waals surface area (Å²) in [4.78, 5) is 19.9. The summed E-state index contributed by atoms with van der Waals surface area (Å²) in [5.74, 6) is 0.415. The van der Waals surface area contributed by atoms with Crippen LogP contribution < -0.4 is 0 Å². The van der Waals surface area contributed by atoms with Gasteiger partial charge in [0.05, 0.1) is 6.54 Å². The molecule has 0 saturated carbocycles. The van der Waals surface area contributed by atoms with Gasteiger partial charge >= 0.3 is 5.97 Å². The number of benzene rings is 1. The van der Waals surface area contributed by atoms with Crippen molar-refractivity contribution in [3.63, 3.8) is 0 Å². The number of carbonyl (C=O) groups is 1. The van der Waals surface area contributed by atoms with Crippen molar-refractivity contribution in [2.45, 2.75) is 32.2 Å². The summed E-state index contributed by atoms with van der Waals surface area (Å²) in [7, 11) is 0. The molecule has 2 heterocycles. The van der Waals surface area contributed by atoms with Gasteiger partial charge in [0.2, 0.25) is 11.7 Å². The van der Waals surface area contributed by atoms with Gasteiger partial charge in [0.25, 0.3) is 0 Å². The second-order valence-electron chi connectivity index (χ2n) is 6.80. The molecule has 0 amide bonds. The van der Waals surface area contributed by atoms with Crippen LogP contribution in [0.25, 0.3) is 11.4 Å². The van der Waals surface area contributed by atoms with Crippen LogP contribution in [0.15, 0.2) is 28.8 Å². The lowest BCUT2D eigenvalue weighted by Gasteiger charge is -2.37. The van der Waals surface area contributed by atoms with Crippen LogP contribution >= 0.6 is 11.6 Å². The van der Waals surface area contributed by atoms with Crippen LogP contribution in [-0.4, -0.2) is 69.8 Å². The second-order valence-corrected chi connectivity index (χ2v) is 7.24. The molecular formula is C19H25ClN4O3. The molecule has 0 aliphatic carbocycles. The lowest BCUT2D eigenvalue weighted by molar-refractivity contribution is -0.139. The third-order valence-electron chi connectivity index (χ3n) is 5.01. The van der Waals surface area contributed by atoms with E-state index < -0.39 is 5.97 Å². The summed E-state index contributed by atoms with van der Waals surface area (Å²) in [5.41, 5.74) is 0.844. The fourth-order valence-electron chi connectivity index (χ4n) is 3.54.